The number of anilines is 1. The second kappa shape index (κ2) is 6.15. The summed E-state index contributed by atoms with van der Waals surface area (Å²) in [7, 11) is 0. The van der Waals surface area contributed by atoms with Crippen molar-refractivity contribution in [3.8, 4) is 0 Å². The normalized spacial score (nSPS) is 16.4. The molecule has 0 aromatic heterocycles. The van der Waals surface area contributed by atoms with E-state index in [1.807, 2.05) is 0 Å². The van der Waals surface area contributed by atoms with Crippen LogP contribution in [0.3, 0.4) is 0 Å². The van der Waals surface area contributed by atoms with Gasteiger partial charge in [0.2, 0.25) is 0 Å². The van der Waals surface area contributed by atoms with Crippen molar-refractivity contribution >= 4 is 17.3 Å². The molecule has 1 saturated heterocycles. The zero-order valence-corrected chi connectivity index (χ0v) is 10.5. The van der Waals surface area contributed by atoms with Crippen molar-refractivity contribution in [2.45, 2.75) is 32.1 Å². The second-order valence-electron chi connectivity index (χ2n) is 4.47. The van der Waals surface area contributed by atoms with Crippen LogP contribution in [-0.2, 0) is 6.42 Å². The number of hydrogen-bond donors (Lipinski definition) is 0. The molecule has 2 heteroatoms. The molecule has 0 amide bonds. The maximum Gasteiger partial charge on any atom is 0.0398 e. The monoisotopic (exact) mass is 237 g/mol. The van der Waals surface area contributed by atoms with E-state index in [9.17, 15) is 0 Å². The molecule has 1 aliphatic heterocycles. The molecule has 88 valence electrons. The van der Waals surface area contributed by atoms with Crippen LogP contribution in [-0.4, -0.2) is 19.0 Å². The van der Waals surface area contributed by atoms with E-state index >= 15 is 0 Å². The Hall–Kier alpha value is -0.690. The Bertz CT molecular complexity index is 318. The van der Waals surface area contributed by atoms with Gasteiger partial charge in [-0.2, -0.15) is 0 Å². The van der Waals surface area contributed by atoms with Crippen molar-refractivity contribution in [1.82, 2.24) is 0 Å². The van der Waals surface area contributed by atoms with Crippen LogP contribution in [0.2, 0.25) is 0 Å². The predicted molar refractivity (Wildman–Crippen MR) is 71.5 cm³/mol. The summed E-state index contributed by atoms with van der Waals surface area (Å²) in [6.45, 7) is 2.44. The Kier molecular flexibility index (Phi) is 4.53. The number of aryl methyl sites for hydroxylation is 1. The SMILES string of the molecule is ClCCCc1ccccc1N1CCCCC1. The maximum atomic E-state index is 5.78. The molecule has 1 nitrogen and oxygen atoms in total. The van der Waals surface area contributed by atoms with Gasteiger partial charge in [-0.05, 0) is 43.7 Å². The first-order valence-electron chi connectivity index (χ1n) is 6.30. The summed E-state index contributed by atoms with van der Waals surface area (Å²) in [5.74, 6) is 0.758. The van der Waals surface area contributed by atoms with Gasteiger partial charge in [-0.1, -0.05) is 18.2 Å². The van der Waals surface area contributed by atoms with Crippen LogP contribution in [0.4, 0.5) is 5.69 Å². The molecule has 1 aromatic rings. The van der Waals surface area contributed by atoms with Gasteiger partial charge in [0.1, 0.15) is 0 Å². The van der Waals surface area contributed by atoms with Crippen molar-refractivity contribution in [3.63, 3.8) is 0 Å². The fourth-order valence-corrected chi connectivity index (χ4v) is 2.56. The lowest BCUT2D eigenvalue weighted by Crippen LogP contribution is -2.30. The lowest BCUT2D eigenvalue weighted by Gasteiger charge is -2.30. The van der Waals surface area contributed by atoms with Gasteiger partial charge in [-0.3, -0.25) is 0 Å². The van der Waals surface area contributed by atoms with Crippen molar-refractivity contribution in [3.05, 3.63) is 29.8 Å². The fraction of sp³-hybridized carbons (Fsp3) is 0.571. The van der Waals surface area contributed by atoms with E-state index in [-0.39, 0.29) is 0 Å². The molecule has 0 spiro atoms. The minimum Gasteiger partial charge on any atom is -0.371 e. The first-order valence-corrected chi connectivity index (χ1v) is 6.84. The number of nitrogens with zero attached hydrogens (tertiary/aromatic N) is 1. The molecule has 1 aliphatic rings. The van der Waals surface area contributed by atoms with Crippen molar-refractivity contribution in [2.24, 2.45) is 0 Å². The molecule has 0 saturated carbocycles. The Morgan fingerprint density at radius 2 is 1.81 bits per heavy atom. The largest absolute Gasteiger partial charge is 0.371 e. The Balaban J connectivity index is 2.11. The molecule has 0 aliphatic carbocycles. The molecule has 0 unspecified atom stereocenters. The lowest BCUT2D eigenvalue weighted by molar-refractivity contribution is 0.576. The van der Waals surface area contributed by atoms with Crippen LogP contribution in [0.1, 0.15) is 31.2 Å². The molecule has 0 radical (unpaired) electrons. The Morgan fingerprint density at radius 1 is 1.06 bits per heavy atom. The second-order valence-corrected chi connectivity index (χ2v) is 4.85. The average Bonchev–Trinajstić information content (AvgIpc) is 2.38. The zero-order chi connectivity index (χ0) is 11.2. The number of halogens is 1. The summed E-state index contributed by atoms with van der Waals surface area (Å²) >= 11 is 5.78. The highest BCUT2D eigenvalue weighted by Crippen LogP contribution is 2.25. The quantitative estimate of drug-likeness (QED) is 0.719. The summed E-state index contributed by atoms with van der Waals surface area (Å²) in [6.07, 6.45) is 6.25. The molecule has 0 atom stereocenters. The molecule has 1 heterocycles. The highest BCUT2D eigenvalue weighted by molar-refractivity contribution is 6.17. The number of para-hydroxylation sites is 1. The third-order valence-electron chi connectivity index (χ3n) is 3.27. The van der Waals surface area contributed by atoms with Crippen LogP contribution < -0.4 is 4.90 Å². The minimum absolute atomic E-state index is 0.758. The van der Waals surface area contributed by atoms with Crippen LogP contribution >= 0.6 is 11.6 Å². The summed E-state index contributed by atoms with van der Waals surface area (Å²) in [4.78, 5) is 2.53. The Labute approximate surface area is 103 Å². The molecule has 1 aromatic carbocycles. The number of rotatable bonds is 4. The number of benzene rings is 1. The molecule has 0 N–H and O–H groups in total. The molecule has 2 rings (SSSR count). The van der Waals surface area contributed by atoms with Gasteiger partial charge < -0.3 is 4.90 Å². The van der Waals surface area contributed by atoms with E-state index in [2.05, 4.69) is 29.2 Å². The van der Waals surface area contributed by atoms with Gasteiger partial charge in [0.25, 0.3) is 0 Å². The molecular weight excluding hydrogens is 218 g/mol. The summed E-state index contributed by atoms with van der Waals surface area (Å²) in [5.41, 5.74) is 2.90. The topological polar surface area (TPSA) is 3.24 Å². The van der Waals surface area contributed by atoms with Gasteiger partial charge in [0.05, 0.1) is 0 Å². The van der Waals surface area contributed by atoms with E-state index < -0.39 is 0 Å². The molecular formula is C14H20ClN. The van der Waals surface area contributed by atoms with Crippen LogP contribution in [0.5, 0.6) is 0 Å². The third kappa shape index (κ3) is 2.91. The number of piperidine rings is 1. The molecule has 0 bridgehead atoms. The van der Waals surface area contributed by atoms with E-state index in [1.165, 1.54) is 43.6 Å². The minimum atomic E-state index is 0.758. The first kappa shape index (κ1) is 11.8. The van der Waals surface area contributed by atoms with E-state index in [1.54, 1.807) is 0 Å². The van der Waals surface area contributed by atoms with Crippen LogP contribution in [0.25, 0.3) is 0 Å². The average molecular weight is 238 g/mol. The summed E-state index contributed by atoms with van der Waals surface area (Å²) < 4.78 is 0. The van der Waals surface area contributed by atoms with E-state index in [4.69, 9.17) is 11.6 Å². The van der Waals surface area contributed by atoms with E-state index in [0.29, 0.717) is 0 Å². The molecule has 16 heavy (non-hydrogen) atoms. The third-order valence-corrected chi connectivity index (χ3v) is 3.54. The fourth-order valence-electron chi connectivity index (χ4n) is 2.42. The van der Waals surface area contributed by atoms with Crippen LogP contribution in [0.15, 0.2) is 24.3 Å². The number of alkyl halides is 1. The van der Waals surface area contributed by atoms with E-state index in [0.717, 1.165) is 18.7 Å². The highest BCUT2D eigenvalue weighted by atomic mass is 35.5. The predicted octanol–water partition coefficient (Wildman–Crippen LogP) is 3.85. The van der Waals surface area contributed by atoms with Crippen molar-refractivity contribution in [2.75, 3.05) is 23.9 Å². The van der Waals surface area contributed by atoms with Crippen LogP contribution in [0, 0.1) is 0 Å². The smallest absolute Gasteiger partial charge is 0.0398 e. The van der Waals surface area contributed by atoms with Crippen molar-refractivity contribution < 1.29 is 0 Å². The summed E-state index contributed by atoms with van der Waals surface area (Å²) in [6, 6.07) is 8.79. The van der Waals surface area contributed by atoms with Gasteiger partial charge in [0.15, 0.2) is 0 Å². The number of hydrogen-bond acceptors (Lipinski definition) is 1. The molecule has 1 fully saturated rings. The van der Waals surface area contributed by atoms with Crippen molar-refractivity contribution in [1.29, 1.82) is 0 Å². The standard InChI is InChI=1S/C14H20ClN/c15-10-6-8-13-7-2-3-9-14(13)16-11-4-1-5-12-16/h2-3,7,9H,1,4-6,8,10-12H2. The van der Waals surface area contributed by atoms with Gasteiger partial charge in [-0.25, -0.2) is 0 Å². The Morgan fingerprint density at radius 3 is 2.56 bits per heavy atom. The summed E-state index contributed by atoms with van der Waals surface area (Å²) in [5, 5.41) is 0. The van der Waals surface area contributed by atoms with Gasteiger partial charge >= 0.3 is 0 Å². The lowest BCUT2D eigenvalue weighted by atomic mass is 10.0. The highest BCUT2D eigenvalue weighted by Gasteiger charge is 2.13. The first-order chi connectivity index (χ1) is 7.92. The van der Waals surface area contributed by atoms with Gasteiger partial charge in [0, 0.05) is 24.7 Å². The maximum absolute atomic E-state index is 5.78. The van der Waals surface area contributed by atoms with Gasteiger partial charge in [-0.15, -0.1) is 11.6 Å². The zero-order valence-electron chi connectivity index (χ0n) is 9.79.